The standard InChI is InChI=1S/C16H13N3O4/c1-23-14-7-6-10(8-17-14)18-13(20)9-19-15(21)11-4-2-3-5-12(11)16(19)22/h2-8H,9H2,1H3,(H,18,20). The highest BCUT2D eigenvalue weighted by Gasteiger charge is 2.36. The zero-order chi connectivity index (χ0) is 16.4. The van der Waals surface area contributed by atoms with Crippen LogP contribution in [0.2, 0.25) is 0 Å². The van der Waals surface area contributed by atoms with Crippen molar-refractivity contribution in [3.8, 4) is 5.88 Å². The second-order valence-electron chi connectivity index (χ2n) is 4.88. The molecule has 1 aliphatic heterocycles. The van der Waals surface area contributed by atoms with Gasteiger partial charge in [-0.05, 0) is 18.2 Å². The van der Waals surface area contributed by atoms with E-state index in [1.807, 2.05) is 0 Å². The Bertz CT molecular complexity index is 751. The molecule has 0 aliphatic carbocycles. The van der Waals surface area contributed by atoms with E-state index < -0.39 is 17.7 Å². The van der Waals surface area contributed by atoms with Crippen LogP contribution in [-0.4, -0.2) is 41.3 Å². The number of pyridine rings is 1. The molecular formula is C16H13N3O4. The van der Waals surface area contributed by atoms with Crippen LogP contribution in [0.15, 0.2) is 42.6 Å². The number of nitrogens with one attached hydrogen (secondary N) is 1. The third kappa shape index (κ3) is 2.76. The second kappa shape index (κ2) is 5.88. The Morgan fingerprint density at radius 1 is 1.13 bits per heavy atom. The van der Waals surface area contributed by atoms with E-state index in [1.165, 1.54) is 13.3 Å². The largest absolute Gasteiger partial charge is 0.481 e. The smallest absolute Gasteiger partial charge is 0.262 e. The van der Waals surface area contributed by atoms with Crippen molar-refractivity contribution in [3.05, 3.63) is 53.7 Å². The van der Waals surface area contributed by atoms with Crippen molar-refractivity contribution in [2.24, 2.45) is 0 Å². The number of hydrogen-bond donors (Lipinski definition) is 1. The summed E-state index contributed by atoms with van der Waals surface area (Å²) in [5.41, 5.74) is 1.08. The van der Waals surface area contributed by atoms with Gasteiger partial charge in [0, 0.05) is 6.07 Å². The number of amides is 3. The first kappa shape index (κ1) is 14.7. The maximum absolute atomic E-state index is 12.2. The summed E-state index contributed by atoms with van der Waals surface area (Å²) in [5.74, 6) is -0.989. The van der Waals surface area contributed by atoms with Crippen LogP contribution in [0.3, 0.4) is 0 Å². The van der Waals surface area contributed by atoms with Crippen molar-refractivity contribution in [2.75, 3.05) is 19.0 Å². The highest BCUT2D eigenvalue weighted by Crippen LogP contribution is 2.22. The molecule has 0 spiro atoms. The Balaban J connectivity index is 1.69. The van der Waals surface area contributed by atoms with Crippen LogP contribution in [0, 0.1) is 0 Å². The Morgan fingerprint density at radius 2 is 1.78 bits per heavy atom. The summed E-state index contributed by atoms with van der Waals surface area (Å²) in [7, 11) is 1.49. The normalized spacial score (nSPS) is 13.0. The van der Waals surface area contributed by atoms with Crippen LogP contribution in [0.5, 0.6) is 5.88 Å². The van der Waals surface area contributed by atoms with Crippen molar-refractivity contribution < 1.29 is 19.1 Å². The van der Waals surface area contributed by atoms with E-state index in [0.29, 0.717) is 22.7 Å². The topological polar surface area (TPSA) is 88.6 Å². The fourth-order valence-corrected chi connectivity index (χ4v) is 2.30. The molecule has 2 aromatic rings. The minimum absolute atomic E-state index is 0.316. The zero-order valence-electron chi connectivity index (χ0n) is 12.3. The molecule has 7 heteroatoms. The molecule has 0 atom stereocenters. The van der Waals surface area contributed by atoms with Gasteiger partial charge >= 0.3 is 0 Å². The molecule has 0 radical (unpaired) electrons. The Labute approximate surface area is 131 Å². The molecule has 0 fully saturated rings. The van der Waals surface area contributed by atoms with Gasteiger partial charge in [-0.3, -0.25) is 19.3 Å². The lowest BCUT2D eigenvalue weighted by Crippen LogP contribution is -2.37. The molecule has 0 bridgehead atoms. The van der Waals surface area contributed by atoms with Gasteiger partial charge in [0.25, 0.3) is 11.8 Å². The number of anilines is 1. The van der Waals surface area contributed by atoms with Crippen molar-refractivity contribution in [1.29, 1.82) is 0 Å². The van der Waals surface area contributed by atoms with E-state index in [2.05, 4.69) is 10.3 Å². The third-order valence-electron chi connectivity index (χ3n) is 3.41. The molecule has 116 valence electrons. The molecule has 2 heterocycles. The Morgan fingerprint density at radius 3 is 2.30 bits per heavy atom. The second-order valence-corrected chi connectivity index (χ2v) is 4.88. The van der Waals surface area contributed by atoms with Gasteiger partial charge in [0.15, 0.2) is 0 Å². The van der Waals surface area contributed by atoms with Gasteiger partial charge in [-0.25, -0.2) is 4.98 Å². The van der Waals surface area contributed by atoms with Crippen LogP contribution in [0.1, 0.15) is 20.7 Å². The number of carbonyl (C=O) groups is 3. The van der Waals surface area contributed by atoms with E-state index in [-0.39, 0.29) is 6.54 Å². The lowest BCUT2D eigenvalue weighted by atomic mass is 10.1. The fourth-order valence-electron chi connectivity index (χ4n) is 2.30. The minimum atomic E-state index is -0.480. The number of ether oxygens (including phenoxy) is 1. The molecule has 1 aliphatic rings. The van der Waals surface area contributed by atoms with Gasteiger partial charge in [-0.1, -0.05) is 12.1 Å². The average molecular weight is 311 g/mol. The highest BCUT2D eigenvalue weighted by atomic mass is 16.5. The number of rotatable bonds is 4. The number of hydrogen-bond acceptors (Lipinski definition) is 5. The molecule has 0 saturated heterocycles. The van der Waals surface area contributed by atoms with Crippen molar-refractivity contribution >= 4 is 23.4 Å². The maximum atomic E-state index is 12.2. The summed E-state index contributed by atoms with van der Waals surface area (Å²) in [6, 6.07) is 9.71. The molecule has 3 rings (SSSR count). The van der Waals surface area contributed by atoms with Gasteiger partial charge in [0.2, 0.25) is 11.8 Å². The molecular weight excluding hydrogens is 298 g/mol. The molecule has 0 saturated carbocycles. The van der Waals surface area contributed by atoms with Gasteiger partial charge in [-0.2, -0.15) is 0 Å². The predicted octanol–water partition coefficient (Wildman–Crippen LogP) is 1.32. The quantitative estimate of drug-likeness (QED) is 0.860. The van der Waals surface area contributed by atoms with Gasteiger partial charge in [0.05, 0.1) is 30.1 Å². The van der Waals surface area contributed by atoms with E-state index in [9.17, 15) is 14.4 Å². The summed E-state index contributed by atoms with van der Waals surface area (Å²) in [4.78, 5) is 41.3. The number of methoxy groups -OCH3 is 1. The lowest BCUT2D eigenvalue weighted by molar-refractivity contribution is -0.116. The Hall–Kier alpha value is -3.22. The molecule has 1 N–H and O–H groups in total. The fraction of sp³-hybridized carbons (Fsp3) is 0.125. The maximum Gasteiger partial charge on any atom is 0.262 e. The number of aromatic nitrogens is 1. The summed E-state index contributed by atoms with van der Waals surface area (Å²) in [6.45, 7) is -0.349. The van der Waals surface area contributed by atoms with Gasteiger partial charge in [0.1, 0.15) is 6.54 Å². The van der Waals surface area contributed by atoms with Crippen LogP contribution < -0.4 is 10.1 Å². The average Bonchev–Trinajstić information content (AvgIpc) is 2.81. The summed E-state index contributed by atoms with van der Waals surface area (Å²) in [5, 5.41) is 2.58. The van der Waals surface area contributed by atoms with Crippen LogP contribution in [-0.2, 0) is 4.79 Å². The number of nitrogens with zero attached hydrogens (tertiary/aromatic N) is 2. The van der Waals surface area contributed by atoms with E-state index >= 15 is 0 Å². The summed E-state index contributed by atoms with van der Waals surface area (Å²) in [6.07, 6.45) is 1.43. The summed E-state index contributed by atoms with van der Waals surface area (Å²) < 4.78 is 4.92. The first-order valence-electron chi connectivity index (χ1n) is 6.85. The first-order chi connectivity index (χ1) is 11.1. The SMILES string of the molecule is COc1ccc(NC(=O)CN2C(=O)c3ccccc3C2=O)cn1. The Kier molecular flexibility index (Phi) is 3.76. The molecule has 23 heavy (non-hydrogen) atoms. The number of benzene rings is 1. The molecule has 7 nitrogen and oxygen atoms in total. The predicted molar refractivity (Wildman–Crippen MR) is 81.2 cm³/mol. The van der Waals surface area contributed by atoms with Crippen LogP contribution in [0.25, 0.3) is 0 Å². The number of carbonyl (C=O) groups excluding carboxylic acids is 3. The summed E-state index contributed by atoms with van der Waals surface area (Å²) >= 11 is 0. The minimum Gasteiger partial charge on any atom is -0.481 e. The van der Waals surface area contributed by atoms with Crippen LogP contribution >= 0.6 is 0 Å². The first-order valence-corrected chi connectivity index (χ1v) is 6.85. The van der Waals surface area contributed by atoms with Crippen molar-refractivity contribution in [3.63, 3.8) is 0 Å². The number of imide groups is 1. The molecule has 1 aromatic carbocycles. The van der Waals surface area contributed by atoms with E-state index in [4.69, 9.17) is 4.74 Å². The van der Waals surface area contributed by atoms with Crippen molar-refractivity contribution in [1.82, 2.24) is 9.88 Å². The van der Waals surface area contributed by atoms with Crippen molar-refractivity contribution in [2.45, 2.75) is 0 Å². The lowest BCUT2D eigenvalue weighted by Gasteiger charge is -2.13. The van der Waals surface area contributed by atoms with E-state index in [0.717, 1.165) is 4.90 Å². The van der Waals surface area contributed by atoms with Gasteiger partial charge < -0.3 is 10.1 Å². The molecule has 0 unspecified atom stereocenters. The monoisotopic (exact) mass is 311 g/mol. The van der Waals surface area contributed by atoms with Gasteiger partial charge in [-0.15, -0.1) is 0 Å². The van der Waals surface area contributed by atoms with E-state index in [1.54, 1.807) is 36.4 Å². The van der Waals surface area contributed by atoms with Crippen LogP contribution in [0.4, 0.5) is 5.69 Å². The third-order valence-corrected chi connectivity index (χ3v) is 3.41. The molecule has 1 aromatic heterocycles. The zero-order valence-corrected chi connectivity index (χ0v) is 12.3. The number of fused-ring (bicyclic) bond motifs is 1. The highest BCUT2D eigenvalue weighted by molar-refractivity contribution is 6.22. The molecule has 3 amide bonds.